The number of nitrogens with zero attached hydrogens (tertiary/aromatic N) is 24. The molecule has 6 atom stereocenters. The summed E-state index contributed by atoms with van der Waals surface area (Å²) in [6, 6.07) is 14.4. The lowest BCUT2D eigenvalue weighted by molar-refractivity contribution is -0.830. The lowest BCUT2D eigenvalue weighted by Crippen LogP contribution is -3.00. The van der Waals surface area contributed by atoms with Gasteiger partial charge in [0.2, 0.25) is 24.9 Å². The van der Waals surface area contributed by atoms with Crippen molar-refractivity contribution in [1.82, 2.24) is 94.5 Å². The molecule has 0 spiro atoms. The molecule has 2 unspecified atom stereocenters. The zero-order valence-corrected chi connectivity index (χ0v) is 74.1. The molecule has 0 radical (unpaired) electrons. The van der Waals surface area contributed by atoms with E-state index in [4.69, 9.17) is 115 Å². The van der Waals surface area contributed by atoms with Crippen molar-refractivity contribution in [2.75, 3.05) is 146 Å². The number of quaternary nitrogens is 1. The first kappa shape index (κ1) is 98.7. The average molecular weight is 1910 g/mol. The van der Waals surface area contributed by atoms with Crippen LogP contribution in [-0.4, -0.2) is 302 Å². The van der Waals surface area contributed by atoms with Crippen LogP contribution in [0.25, 0.3) is 0 Å². The maximum Gasteiger partial charge on any atom is 0.412 e. The monoisotopic (exact) mass is 1910 g/mol. The lowest BCUT2D eigenvalue weighted by atomic mass is 10.3. The number of carbonyl (C=O) groups is 11. The van der Waals surface area contributed by atoms with Crippen molar-refractivity contribution < 1.29 is 103 Å². The molecule has 16 rings (SSSR count). The van der Waals surface area contributed by atoms with E-state index in [2.05, 4.69) is 74.8 Å². The van der Waals surface area contributed by atoms with Crippen LogP contribution in [0.4, 0.5) is 52.0 Å². The maximum absolute atomic E-state index is 12.9. The number of hydrogen-bond acceptors (Lipinski definition) is 33. The summed E-state index contributed by atoms with van der Waals surface area (Å²) in [6.45, 7) is 12.2. The van der Waals surface area contributed by atoms with E-state index in [-0.39, 0.29) is 94.6 Å². The average Bonchev–Trinajstić information content (AvgIpc) is 1.63. The Morgan fingerprint density at radius 3 is 0.937 bits per heavy atom. The highest BCUT2D eigenvalue weighted by Crippen LogP contribution is 2.41. The molecular formula is C76H79Cl8N25O18. The first-order valence-electron chi connectivity index (χ1n) is 37.9. The van der Waals surface area contributed by atoms with Gasteiger partial charge in [0.25, 0.3) is 23.6 Å². The number of aliphatic hydroxyl groups excluding tert-OH is 1. The Labute approximate surface area is 765 Å². The molecule has 0 bridgehead atoms. The van der Waals surface area contributed by atoms with Crippen molar-refractivity contribution in [2.24, 2.45) is 0 Å². The van der Waals surface area contributed by atoms with Crippen LogP contribution in [0.3, 0.4) is 0 Å². The Hall–Kier alpha value is -12.1. The SMILES string of the molecule is CC#N.CC(Cl)OC(=O)Cl.CC(Cl)OC(=O)N1CCN(C(=O)O[C@H]2c3nccnc3C(=O)N2c2ccc(Cl)cn2)CC1.CN1CCN(C(=O)O[C@H]2c3nccnc3C(=O)N2c2ccc(Cl)cn2)CC1.CO.C[N+]1(C=O)CCN(C(=O)O[C@H]2c3nccnc3C(=O)N2c2ccc(Cl)cn2)CC1.O=C(O[C@H]1c2nccnc2C(=O)N1c1ccc(Cl)cn1)N1CCNCC1.[Cl-]. The fourth-order valence-electron chi connectivity index (χ4n) is 12.7. The van der Waals surface area contributed by atoms with Crippen molar-refractivity contribution in [1.29, 1.82) is 5.26 Å². The third kappa shape index (κ3) is 25.0. The quantitative estimate of drug-likeness (QED) is 0.0509. The molecule has 0 aliphatic carbocycles. The largest absolute Gasteiger partial charge is 1.00 e. The standard InChI is InChI=1S/C19H18Cl2N6O5.C18H18ClN6O4.C17H17ClN6O3.C16H15ClN6O3.C3H4Cl2O2.C2H3N.CH4O.ClH/c1-11(20)31-18(29)25-6-8-26(9-7-25)19(30)32-17-15-14(22-4-5-23-15)16(28)27(17)13-3-2-12(21)10-24-13;1-25(11-26)8-6-23(7-9-25)18(28)29-17-15-14(20-4-5-21-15)16(27)24(17)13-3-2-12(19)10-22-13;1-22-6-8-23(9-7-22)17(26)27-16-14-13(19-4-5-20-14)15(25)24(16)12-3-2-11(18)10-21-12;17-10-1-2-11(21-9-10)23-14(24)12-13(20-4-3-19-12)15(23)26-16(25)22-7-5-18-6-8-22;1-2(4)7-3(5)6;1-2-3;1-2;/h2-5,10-11,17H,6-9H2,1H3;2-5,10-11,17H,6-9H2,1H3;2-5,10,16H,6-9H2,1H3;1-4,9,15,18H,5-8H2;2H,1H3;1H3;2H,1H3;1H/q;+1;;;;;;/p-1/t11?,17-;17-;16-;15-;;;;/m0000..../s1. The summed E-state index contributed by atoms with van der Waals surface area (Å²) in [5.74, 6) is -0.712. The third-order valence-electron chi connectivity index (χ3n) is 18.9. The van der Waals surface area contributed by atoms with Crippen molar-refractivity contribution in [3.8, 4) is 6.07 Å². The van der Waals surface area contributed by atoms with Gasteiger partial charge >= 0.3 is 42.3 Å². The third-order valence-corrected chi connectivity index (χ3v) is 20.0. The molecule has 4 saturated heterocycles. The van der Waals surface area contributed by atoms with Gasteiger partial charge in [-0.2, -0.15) is 5.26 Å². The fourth-order valence-corrected chi connectivity index (χ4v) is 13.4. The zero-order valence-electron chi connectivity index (χ0n) is 68.0. The predicted molar refractivity (Wildman–Crippen MR) is 448 cm³/mol. The van der Waals surface area contributed by atoms with Crippen molar-refractivity contribution >= 4 is 170 Å². The Morgan fingerprint density at radius 2 is 0.693 bits per heavy atom. The van der Waals surface area contributed by atoms with Crippen LogP contribution >= 0.6 is 81.2 Å². The fraction of sp³-hybridized carbons (Fsp3) is 0.368. The van der Waals surface area contributed by atoms with Crippen LogP contribution in [0, 0.1) is 11.3 Å². The Kier molecular flexibility index (Phi) is 36.1. The number of hydrogen-bond donors (Lipinski definition) is 2. The highest BCUT2D eigenvalue weighted by molar-refractivity contribution is 6.61. The van der Waals surface area contributed by atoms with E-state index >= 15 is 0 Å². The molecule has 0 saturated carbocycles. The molecule has 16 heterocycles. The lowest BCUT2D eigenvalue weighted by Gasteiger charge is -2.37. The minimum atomic E-state index is -1.15. The summed E-state index contributed by atoms with van der Waals surface area (Å²) in [4.78, 5) is 200. The zero-order chi connectivity index (χ0) is 91.1. The number of piperazine rings is 4. The molecule has 8 aromatic rings. The van der Waals surface area contributed by atoms with E-state index in [0.29, 0.717) is 103 Å². The molecule has 8 aromatic heterocycles. The first-order chi connectivity index (χ1) is 60.5. The number of nitriles is 1. The Morgan fingerprint density at radius 1 is 0.441 bits per heavy atom. The van der Waals surface area contributed by atoms with Gasteiger partial charge in [-0.25, -0.2) is 93.0 Å². The highest BCUT2D eigenvalue weighted by atomic mass is 35.5. The second-order valence-electron chi connectivity index (χ2n) is 27.2. The van der Waals surface area contributed by atoms with Gasteiger partial charge in [0.15, 0.2) is 33.9 Å². The van der Waals surface area contributed by atoms with Gasteiger partial charge in [-0.1, -0.05) is 69.6 Å². The van der Waals surface area contributed by atoms with Crippen LogP contribution in [0.2, 0.25) is 20.1 Å². The minimum Gasteiger partial charge on any atom is -1.00 e. The van der Waals surface area contributed by atoms with Gasteiger partial charge in [0.1, 0.15) is 59.1 Å². The minimum absolute atomic E-state index is 0. The van der Waals surface area contributed by atoms with Gasteiger partial charge in [0, 0.05) is 179 Å². The Balaban J connectivity index is 0.000000183. The molecule has 2 N–H and O–H groups in total. The van der Waals surface area contributed by atoms with Gasteiger partial charge in [-0.3, -0.25) is 48.5 Å². The van der Waals surface area contributed by atoms with E-state index in [1.54, 1.807) is 58.3 Å². The number of rotatable bonds is 11. The molecule has 51 heteroatoms. The second kappa shape index (κ2) is 46.4. The van der Waals surface area contributed by atoms with Crippen LogP contribution in [0.15, 0.2) is 123 Å². The van der Waals surface area contributed by atoms with Gasteiger partial charge in [0.05, 0.1) is 46.3 Å². The number of aliphatic hydroxyl groups is 1. The van der Waals surface area contributed by atoms with Crippen LogP contribution in [0.1, 0.15) is 110 Å². The van der Waals surface area contributed by atoms with Crippen LogP contribution < -0.4 is 37.3 Å². The number of likely N-dealkylation sites (N-methyl/N-ethyl adjacent to an activating group) is 2. The number of carbonyl (C=O) groups excluding carboxylic acids is 11. The van der Waals surface area contributed by atoms with E-state index in [1.165, 1.54) is 135 Å². The smallest absolute Gasteiger partial charge is 0.412 e. The number of amides is 10. The van der Waals surface area contributed by atoms with Crippen molar-refractivity contribution in [3.05, 3.63) is 189 Å². The first-order valence-corrected chi connectivity index (χ1v) is 40.7. The van der Waals surface area contributed by atoms with E-state index in [1.807, 2.05) is 14.1 Å². The number of fused-ring (bicyclic) bond motifs is 4. The number of nitrogens with one attached hydrogen (secondary N) is 1. The molecule has 43 nitrogen and oxygen atoms in total. The number of pyridine rings is 4. The molecule has 127 heavy (non-hydrogen) atoms. The predicted octanol–water partition coefficient (Wildman–Crippen LogP) is 5.78. The number of ether oxygens (including phenoxy) is 6. The number of aromatic nitrogens is 12. The normalized spacial score (nSPS) is 18.4. The topological polar surface area (TPSA) is 486 Å². The molecule has 8 aliphatic heterocycles. The van der Waals surface area contributed by atoms with Gasteiger partial charge in [-0.05, 0) is 69.4 Å². The number of halogens is 8. The highest BCUT2D eigenvalue weighted by Gasteiger charge is 2.49. The summed E-state index contributed by atoms with van der Waals surface area (Å²) >= 11 is 39.1. The van der Waals surface area contributed by atoms with E-state index in [0.717, 1.165) is 26.6 Å². The molecule has 4 fully saturated rings. The molecule has 8 aliphatic rings. The molecule has 10 amide bonds. The number of anilines is 4. The Bertz CT molecular complexity index is 5240. The summed E-state index contributed by atoms with van der Waals surface area (Å²) in [7, 11) is 4.81. The summed E-state index contributed by atoms with van der Waals surface area (Å²) in [5, 5.41) is 19.2. The summed E-state index contributed by atoms with van der Waals surface area (Å²) in [6.07, 6.45) is 10.8. The second-order valence-corrected chi connectivity index (χ2v) is 30.5. The van der Waals surface area contributed by atoms with Crippen molar-refractivity contribution in [2.45, 2.75) is 56.8 Å². The molecule has 672 valence electrons. The van der Waals surface area contributed by atoms with Crippen molar-refractivity contribution in [3.63, 3.8) is 0 Å². The summed E-state index contributed by atoms with van der Waals surface area (Å²) in [5.41, 5.74) is -0.761. The van der Waals surface area contributed by atoms with Crippen LogP contribution in [0.5, 0.6) is 0 Å². The van der Waals surface area contributed by atoms with E-state index in [9.17, 15) is 52.7 Å². The molecule has 0 aromatic carbocycles. The molecular weight excluding hydrogens is 1830 g/mol. The number of alkyl halides is 2. The van der Waals surface area contributed by atoms with Crippen LogP contribution in [-0.2, 0) is 33.2 Å². The summed E-state index contributed by atoms with van der Waals surface area (Å²) < 4.78 is 32.0. The maximum atomic E-state index is 12.9. The van der Waals surface area contributed by atoms with Gasteiger partial charge in [-0.15, -0.1) is 0 Å². The van der Waals surface area contributed by atoms with E-state index < -0.39 is 95.6 Å². The van der Waals surface area contributed by atoms with Gasteiger partial charge < -0.3 is 75.8 Å².